The van der Waals surface area contributed by atoms with Crippen molar-refractivity contribution in [2.75, 3.05) is 7.11 Å². The number of hydrogen-bond donors (Lipinski definition) is 1. The first-order valence-corrected chi connectivity index (χ1v) is 4.09. The third-order valence-electron chi connectivity index (χ3n) is 1.78. The fraction of sp³-hybridized carbons (Fsp3) is 0.125. The molecule has 0 bridgehead atoms. The Kier molecular flexibility index (Phi) is 2.36. The molecule has 1 N–H and O–H groups in total. The van der Waals surface area contributed by atoms with Crippen LogP contribution in [0, 0.1) is 0 Å². The Hall–Kier alpha value is -2.31. The van der Waals surface area contributed by atoms with Gasteiger partial charge >= 0.3 is 5.97 Å². The number of nitrogens with zero attached hydrogens (tertiary/aromatic N) is 4. The molecular weight excluding hydrogens is 198 g/mol. The van der Waals surface area contributed by atoms with Crippen LogP contribution in [-0.4, -0.2) is 38.7 Å². The van der Waals surface area contributed by atoms with Gasteiger partial charge in [-0.05, 0) is 6.07 Å². The van der Waals surface area contributed by atoms with E-state index < -0.39 is 5.97 Å². The smallest absolute Gasteiger partial charge is 0.360 e. The molecule has 2 heterocycles. The zero-order valence-corrected chi connectivity index (χ0v) is 7.84. The van der Waals surface area contributed by atoms with Gasteiger partial charge in [-0.1, -0.05) is 0 Å². The third-order valence-corrected chi connectivity index (χ3v) is 1.78. The number of carbonyl (C=O) groups excluding carboxylic acids is 1. The van der Waals surface area contributed by atoms with Crippen LogP contribution in [0.4, 0.5) is 0 Å². The fourth-order valence-electron chi connectivity index (χ4n) is 1.10. The van der Waals surface area contributed by atoms with Crippen LogP contribution in [-0.2, 0) is 4.74 Å². The molecule has 0 saturated heterocycles. The van der Waals surface area contributed by atoms with Crippen LogP contribution in [0.2, 0.25) is 0 Å². The first-order chi connectivity index (χ1) is 7.33. The lowest BCUT2D eigenvalue weighted by Gasteiger charge is -1.97. The summed E-state index contributed by atoms with van der Waals surface area (Å²) in [5.74, 6) is -0.546. The zero-order valence-electron chi connectivity index (χ0n) is 7.84. The standard InChI is InChI=1S/C8H7N5O2/c1-15-8(14)7-6(11-13-12-7)5-2-3-9-10-4-5/h2-4H,1H3,(H,11,12,13). The summed E-state index contributed by atoms with van der Waals surface area (Å²) in [5.41, 5.74) is 1.18. The first kappa shape index (κ1) is 9.25. The summed E-state index contributed by atoms with van der Waals surface area (Å²) in [6.07, 6.45) is 3.00. The minimum atomic E-state index is -0.546. The highest BCUT2D eigenvalue weighted by atomic mass is 16.5. The highest BCUT2D eigenvalue weighted by Gasteiger charge is 2.18. The molecule has 2 aromatic heterocycles. The van der Waals surface area contributed by atoms with Gasteiger partial charge in [0, 0.05) is 5.56 Å². The van der Waals surface area contributed by atoms with Crippen molar-refractivity contribution in [2.45, 2.75) is 0 Å². The van der Waals surface area contributed by atoms with Gasteiger partial charge in [0.1, 0.15) is 5.69 Å². The van der Waals surface area contributed by atoms with Gasteiger partial charge in [0.15, 0.2) is 5.69 Å². The van der Waals surface area contributed by atoms with Gasteiger partial charge in [0.05, 0.1) is 19.5 Å². The highest BCUT2D eigenvalue weighted by Crippen LogP contribution is 2.17. The monoisotopic (exact) mass is 205 g/mol. The lowest BCUT2D eigenvalue weighted by molar-refractivity contribution is 0.0595. The Bertz CT molecular complexity index is 467. The molecule has 76 valence electrons. The molecule has 15 heavy (non-hydrogen) atoms. The van der Waals surface area contributed by atoms with Gasteiger partial charge in [-0.3, -0.25) is 0 Å². The topological polar surface area (TPSA) is 93.7 Å². The molecular formula is C8H7N5O2. The number of aromatic nitrogens is 5. The van der Waals surface area contributed by atoms with Gasteiger partial charge in [-0.15, -0.1) is 5.10 Å². The third kappa shape index (κ3) is 1.66. The van der Waals surface area contributed by atoms with E-state index in [2.05, 4.69) is 30.3 Å². The molecule has 2 aromatic rings. The summed E-state index contributed by atoms with van der Waals surface area (Å²) < 4.78 is 4.56. The molecule has 0 aliphatic carbocycles. The van der Waals surface area contributed by atoms with Crippen LogP contribution in [0.5, 0.6) is 0 Å². The number of ether oxygens (including phenoxy) is 1. The largest absolute Gasteiger partial charge is 0.464 e. The maximum atomic E-state index is 11.3. The second-order valence-electron chi connectivity index (χ2n) is 2.64. The minimum absolute atomic E-state index is 0.130. The second kappa shape index (κ2) is 3.82. The molecule has 7 heteroatoms. The predicted molar refractivity (Wildman–Crippen MR) is 48.7 cm³/mol. The zero-order chi connectivity index (χ0) is 10.7. The van der Waals surface area contributed by atoms with Crippen molar-refractivity contribution < 1.29 is 9.53 Å². The Labute approximate surface area is 84.5 Å². The minimum Gasteiger partial charge on any atom is -0.464 e. The van der Waals surface area contributed by atoms with Crippen molar-refractivity contribution in [1.29, 1.82) is 0 Å². The van der Waals surface area contributed by atoms with Crippen molar-refractivity contribution >= 4 is 5.97 Å². The molecule has 0 saturated carbocycles. The molecule has 0 amide bonds. The molecule has 7 nitrogen and oxygen atoms in total. The van der Waals surface area contributed by atoms with Gasteiger partial charge in [-0.25, -0.2) is 4.79 Å². The summed E-state index contributed by atoms with van der Waals surface area (Å²) >= 11 is 0. The molecule has 0 atom stereocenters. The lowest BCUT2D eigenvalue weighted by Crippen LogP contribution is -2.03. The summed E-state index contributed by atoms with van der Waals surface area (Å²) in [4.78, 5) is 11.3. The summed E-state index contributed by atoms with van der Waals surface area (Å²) in [5, 5.41) is 17.2. The van der Waals surface area contributed by atoms with E-state index in [-0.39, 0.29) is 5.69 Å². The van der Waals surface area contributed by atoms with E-state index >= 15 is 0 Å². The number of hydrogen-bond acceptors (Lipinski definition) is 6. The molecule has 0 radical (unpaired) electrons. The molecule has 0 fully saturated rings. The van der Waals surface area contributed by atoms with Crippen LogP contribution >= 0.6 is 0 Å². The quantitative estimate of drug-likeness (QED) is 0.696. The van der Waals surface area contributed by atoms with E-state index in [0.29, 0.717) is 11.3 Å². The van der Waals surface area contributed by atoms with Crippen molar-refractivity contribution in [3.63, 3.8) is 0 Å². The Morgan fingerprint density at radius 1 is 1.40 bits per heavy atom. The summed E-state index contributed by atoms with van der Waals surface area (Å²) in [7, 11) is 1.28. The summed E-state index contributed by atoms with van der Waals surface area (Å²) in [6.45, 7) is 0. The Morgan fingerprint density at radius 3 is 2.93 bits per heavy atom. The number of aromatic amines is 1. The maximum absolute atomic E-state index is 11.3. The maximum Gasteiger partial charge on any atom is 0.360 e. The van der Waals surface area contributed by atoms with E-state index in [1.54, 1.807) is 6.07 Å². The Balaban J connectivity index is 2.46. The SMILES string of the molecule is COC(=O)c1n[nH]nc1-c1ccnnc1. The molecule has 0 spiro atoms. The highest BCUT2D eigenvalue weighted by molar-refractivity contribution is 5.93. The van der Waals surface area contributed by atoms with E-state index in [0.717, 1.165) is 0 Å². The van der Waals surface area contributed by atoms with Crippen LogP contribution in [0.15, 0.2) is 18.5 Å². The first-order valence-electron chi connectivity index (χ1n) is 4.09. The predicted octanol–water partition coefficient (Wildman–Crippen LogP) is 0.0483. The lowest BCUT2D eigenvalue weighted by atomic mass is 10.2. The van der Waals surface area contributed by atoms with Crippen LogP contribution in [0.3, 0.4) is 0 Å². The normalized spacial score (nSPS) is 9.93. The van der Waals surface area contributed by atoms with Gasteiger partial charge < -0.3 is 4.74 Å². The fourth-order valence-corrected chi connectivity index (χ4v) is 1.10. The number of carbonyl (C=O) groups is 1. The van der Waals surface area contributed by atoms with E-state index in [1.165, 1.54) is 19.5 Å². The van der Waals surface area contributed by atoms with Crippen LogP contribution in [0.1, 0.15) is 10.5 Å². The average Bonchev–Trinajstić information content (AvgIpc) is 2.78. The van der Waals surface area contributed by atoms with Crippen molar-refractivity contribution in [3.8, 4) is 11.3 Å². The molecule has 0 aliphatic rings. The number of H-pyrrole nitrogens is 1. The molecule has 0 unspecified atom stereocenters. The van der Waals surface area contributed by atoms with Gasteiger partial charge in [0.25, 0.3) is 0 Å². The van der Waals surface area contributed by atoms with Crippen LogP contribution < -0.4 is 0 Å². The number of nitrogens with one attached hydrogen (secondary N) is 1. The molecule has 0 aliphatic heterocycles. The number of esters is 1. The van der Waals surface area contributed by atoms with E-state index in [4.69, 9.17) is 0 Å². The van der Waals surface area contributed by atoms with E-state index in [9.17, 15) is 4.79 Å². The van der Waals surface area contributed by atoms with Gasteiger partial charge in [0.2, 0.25) is 0 Å². The second-order valence-corrected chi connectivity index (χ2v) is 2.64. The van der Waals surface area contributed by atoms with E-state index in [1.807, 2.05) is 0 Å². The molecule has 0 aromatic carbocycles. The van der Waals surface area contributed by atoms with Crippen molar-refractivity contribution in [2.24, 2.45) is 0 Å². The average molecular weight is 205 g/mol. The Morgan fingerprint density at radius 2 is 2.27 bits per heavy atom. The number of rotatable bonds is 2. The van der Waals surface area contributed by atoms with Crippen LogP contribution in [0.25, 0.3) is 11.3 Å². The van der Waals surface area contributed by atoms with Crippen molar-refractivity contribution in [1.82, 2.24) is 25.6 Å². The van der Waals surface area contributed by atoms with Crippen molar-refractivity contribution in [3.05, 3.63) is 24.2 Å². The number of methoxy groups -OCH3 is 1. The molecule has 2 rings (SSSR count). The van der Waals surface area contributed by atoms with Gasteiger partial charge in [-0.2, -0.15) is 20.5 Å². The summed E-state index contributed by atoms with van der Waals surface area (Å²) in [6, 6.07) is 1.68.